The van der Waals surface area contributed by atoms with Crippen LogP contribution in [0.5, 0.6) is 5.88 Å². The first-order valence-corrected chi connectivity index (χ1v) is 3.81. The molecule has 0 fully saturated rings. The largest absolute Gasteiger partial charge is 0.472 e. The molecule has 0 aromatic carbocycles. The summed E-state index contributed by atoms with van der Waals surface area (Å²) in [7, 11) is 0. The second-order valence-corrected chi connectivity index (χ2v) is 2.33. The van der Waals surface area contributed by atoms with Crippen LogP contribution in [0.25, 0.3) is 0 Å². The molecule has 0 atom stereocenters. The molecule has 0 aliphatic rings. The Hall–Kier alpha value is -2.11. The van der Waals surface area contributed by atoms with Crippen LogP contribution >= 0.6 is 0 Å². The van der Waals surface area contributed by atoms with Crippen molar-refractivity contribution in [2.75, 3.05) is 6.61 Å². The van der Waals surface area contributed by atoms with E-state index in [-0.39, 0.29) is 11.5 Å². The monoisotopic (exact) mass is 194 g/mol. The van der Waals surface area contributed by atoms with Crippen molar-refractivity contribution >= 4 is 5.84 Å². The molecular weight excluding hydrogens is 184 g/mol. The summed E-state index contributed by atoms with van der Waals surface area (Å²) >= 11 is 0. The Labute approximate surface area is 80.7 Å². The van der Waals surface area contributed by atoms with Crippen LogP contribution in [-0.4, -0.2) is 27.6 Å². The Bertz CT molecular complexity index is 351. The van der Waals surface area contributed by atoms with Crippen LogP contribution in [0.4, 0.5) is 0 Å². The summed E-state index contributed by atoms with van der Waals surface area (Å²) in [6.07, 6.45) is 4.38. The van der Waals surface area contributed by atoms with Gasteiger partial charge in [0.25, 0.3) is 0 Å². The summed E-state index contributed by atoms with van der Waals surface area (Å²) in [5.41, 5.74) is 5.57. The highest BCUT2D eigenvalue weighted by atomic mass is 16.5. The highest BCUT2D eigenvalue weighted by Crippen LogP contribution is 2.04. The van der Waals surface area contributed by atoms with Crippen LogP contribution in [0.3, 0.4) is 0 Å². The molecule has 6 heteroatoms. The van der Waals surface area contributed by atoms with E-state index in [9.17, 15) is 0 Å². The SMILES string of the molecule is C=CCOc1cncc(/C(N)=N/O)n1. The Morgan fingerprint density at radius 3 is 3.14 bits per heavy atom. The van der Waals surface area contributed by atoms with Gasteiger partial charge in [0.2, 0.25) is 5.88 Å². The minimum atomic E-state index is -0.110. The molecule has 1 aromatic rings. The van der Waals surface area contributed by atoms with Crippen LogP contribution in [-0.2, 0) is 0 Å². The van der Waals surface area contributed by atoms with Gasteiger partial charge in [0, 0.05) is 0 Å². The Morgan fingerprint density at radius 2 is 2.50 bits per heavy atom. The third kappa shape index (κ3) is 2.44. The van der Waals surface area contributed by atoms with Gasteiger partial charge in [-0.15, -0.1) is 0 Å². The third-order valence-corrected chi connectivity index (χ3v) is 1.33. The lowest BCUT2D eigenvalue weighted by Gasteiger charge is -2.02. The van der Waals surface area contributed by atoms with E-state index in [4.69, 9.17) is 15.7 Å². The minimum absolute atomic E-state index is 0.110. The van der Waals surface area contributed by atoms with Crippen LogP contribution in [0, 0.1) is 0 Å². The first-order valence-electron chi connectivity index (χ1n) is 3.81. The lowest BCUT2D eigenvalue weighted by molar-refractivity contribution is 0.318. The molecule has 3 N–H and O–H groups in total. The van der Waals surface area contributed by atoms with Gasteiger partial charge in [-0.2, -0.15) is 0 Å². The van der Waals surface area contributed by atoms with E-state index in [1.807, 2.05) is 0 Å². The molecule has 0 spiro atoms. The minimum Gasteiger partial charge on any atom is -0.472 e. The van der Waals surface area contributed by atoms with E-state index in [0.717, 1.165) is 0 Å². The highest BCUT2D eigenvalue weighted by Gasteiger charge is 2.03. The lowest BCUT2D eigenvalue weighted by Crippen LogP contribution is -2.15. The van der Waals surface area contributed by atoms with Gasteiger partial charge in [0.15, 0.2) is 5.84 Å². The number of amidine groups is 1. The number of ether oxygens (including phenoxy) is 1. The lowest BCUT2D eigenvalue weighted by atomic mass is 10.4. The van der Waals surface area contributed by atoms with E-state index < -0.39 is 0 Å². The van der Waals surface area contributed by atoms with Crippen molar-refractivity contribution in [3.63, 3.8) is 0 Å². The van der Waals surface area contributed by atoms with Gasteiger partial charge >= 0.3 is 0 Å². The molecular formula is C8H10N4O2. The van der Waals surface area contributed by atoms with Gasteiger partial charge in [-0.25, -0.2) is 4.98 Å². The van der Waals surface area contributed by atoms with E-state index >= 15 is 0 Å². The van der Waals surface area contributed by atoms with Crippen LogP contribution in [0.2, 0.25) is 0 Å². The predicted molar refractivity (Wildman–Crippen MR) is 50.2 cm³/mol. The third-order valence-electron chi connectivity index (χ3n) is 1.33. The fourth-order valence-electron chi connectivity index (χ4n) is 0.737. The maximum atomic E-state index is 8.39. The van der Waals surface area contributed by atoms with E-state index in [0.29, 0.717) is 12.5 Å². The molecule has 0 bridgehead atoms. The number of aromatic nitrogens is 2. The Morgan fingerprint density at radius 1 is 1.71 bits per heavy atom. The molecule has 0 aliphatic heterocycles. The molecule has 0 saturated carbocycles. The van der Waals surface area contributed by atoms with Crippen LogP contribution in [0.1, 0.15) is 5.69 Å². The second kappa shape index (κ2) is 4.80. The van der Waals surface area contributed by atoms with Gasteiger partial charge in [0.05, 0.1) is 12.4 Å². The van der Waals surface area contributed by atoms with Crippen molar-refractivity contribution in [2.24, 2.45) is 10.9 Å². The molecule has 1 aromatic heterocycles. The predicted octanol–water partition coefficient (Wildman–Crippen LogP) is 0.136. The molecule has 0 radical (unpaired) electrons. The first-order chi connectivity index (χ1) is 6.77. The van der Waals surface area contributed by atoms with Gasteiger partial charge in [-0.1, -0.05) is 17.8 Å². The molecule has 1 heterocycles. The Balaban J connectivity index is 2.83. The summed E-state index contributed by atoms with van der Waals surface area (Å²) < 4.78 is 5.11. The van der Waals surface area contributed by atoms with Gasteiger partial charge < -0.3 is 15.7 Å². The smallest absolute Gasteiger partial charge is 0.233 e. The van der Waals surface area contributed by atoms with Crippen molar-refractivity contribution in [3.8, 4) is 5.88 Å². The van der Waals surface area contributed by atoms with E-state index in [1.165, 1.54) is 12.4 Å². The van der Waals surface area contributed by atoms with Gasteiger partial charge in [-0.3, -0.25) is 4.98 Å². The average molecular weight is 194 g/mol. The second-order valence-electron chi connectivity index (χ2n) is 2.33. The number of nitrogens with zero attached hydrogens (tertiary/aromatic N) is 3. The Kier molecular flexibility index (Phi) is 3.42. The maximum Gasteiger partial charge on any atom is 0.233 e. The van der Waals surface area contributed by atoms with E-state index in [1.54, 1.807) is 6.08 Å². The van der Waals surface area contributed by atoms with E-state index in [2.05, 4.69) is 21.7 Å². The zero-order valence-corrected chi connectivity index (χ0v) is 7.42. The topological polar surface area (TPSA) is 93.6 Å². The van der Waals surface area contributed by atoms with Crippen molar-refractivity contribution in [1.82, 2.24) is 9.97 Å². The molecule has 0 unspecified atom stereocenters. The fourth-order valence-corrected chi connectivity index (χ4v) is 0.737. The molecule has 6 nitrogen and oxygen atoms in total. The van der Waals surface area contributed by atoms with Crippen molar-refractivity contribution in [1.29, 1.82) is 0 Å². The van der Waals surface area contributed by atoms with Crippen LogP contribution < -0.4 is 10.5 Å². The molecule has 74 valence electrons. The molecule has 0 aliphatic carbocycles. The highest BCUT2D eigenvalue weighted by molar-refractivity contribution is 5.94. The first kappa shape index (κ1) is 9.97. The maximum absolute atomic E-state index is 8.39. The van der Waals surface area contributed by atoms with Gasteiger partial charge in [-0.05, 0) is 0 Å². The fraction of sp³-hybridized carbons (Fsp3) is 0.125. The number of rotatable bonds is 4. The summed E-state index contributed by atoms with van der Waals surface area (Å²) in [5.74, 6) is 0.190. The number of hydrogen-bond donors (Lipinski definition) is 2. The number of nitrogens with two attached hydrogens (primary N) is 1. The van der Waals surface area contributed by atoms with Crippen LogP contribution in [0.15, 0.2) is 30.2 Å². The summed E-state index contributed by atoms with van der Waals surface area (Å²) in [5, 5.41) is 11.2. The number of hydrogen-bond acceptors (Lipinski definition) is 5. The summed E-state index contributed by atoms with van der Waals surface area (Å²) in [4.78, 5) is 7.75. The zero-order valence-electron chi connectivity index (χ0n) is 7.42. The zero-order chi connectivity index (χ0) is 10.4. The molecule has 0 saturated heterocycles. The standard InChI is InChI=1S/C8H10N4O2/c1-2-3-14-7-5-10-4-6(11-7)8(9)12-13/h2,4-5,13H,1,3H2,(H2,9,12). The summed E-state index contributed by atoms with van der Waals surface area (Å²) in [6, 6.07) is 0. The average Bonchev–Trinajstić information content (AvgIpc) is 2.25. The quantitative estimate of drug-likeness (QED) is 0.234. The number of oxime groups is 1. The van der Waals surface area contributed by atoms with Crippen molar-refractivity contribution in [2.45, 2.75) is 0 Å². The summed E-state index contributed by atoms with van der Waals surface area (Å²) in [6.45, 7) is 3.82. The van der Waals surface area contributed by atoms with Crippen molar-refractivity contribution in [3.05, 3.63) is 30.7 Å². The van der Waals surface area contributed by atoms with Gasteiger partial charge in [0.1, 0.15) is 12.3 Å². The molecule has 1 rings (SSSR count). The molecule has 14 heavy (non-hydrogen) atoms. The normalized spacial score (nSPS) is 11.0. The molecule has 0 amide bonds. The van der Waals surface area contributed by atoms with Crippen molar-refractivity contribution < 1.29 is 9.94 Å².